The third-order valence-corrected chi connectivity index (χ3v) is 3.54. The van der Waals surface area contributed by atoms with E-state index < -0.39 is 0 Å². The predicted molar refractivity (Wildman–Crippen MR) is 77.5 cm³/mol. The highest BCUT2D eigenvalue weighted by atomic mass is 19.1. The average Bonchev–Trinajstić information content (AvgIpc) is 2.92. The Morgan fingerprint density at radius 2 is 1.90 bits per heavy atom. The van der Waals surface area contributed by atoms with Crippen LogP contribution in [0.3, 0.4) is 0 Å². The largest absolute Gasteiger partial charge is 0.360 e. The Morgan fingerprint density at radius 3 is 2.70 bits per heavy atom. The average molecular weight is 267 g/mol. The van der Waals surface area contributed by atoms with E-state index in [0.717, 1.165) is 12.0 Å². The van der Waals surface area contributed by atoms with Crippen molar-refractivity contribution in [3.8, 4) is 0 Å². The van der Waals surface area contributed by atoms with Crippen LogP contribution in [0.15, 0.2) is 48.7 Å². The summed E-state index contributed by atoms with van der Waals surface area (Å²) in [5, 5.41) is 0.364. The summed E-state index contributed by atoms with van der Waals surface area (Å²) >= 11 is 0. The molecule has 0 saturated heterocycles. The van der Waals surface area contributed by atoms with Gasteiger partial charge in [-0.1, -0.05) is 37.3 Å². The van der Waals surface area contributed by atoms with Crippen molar-refractivity contribution >= 4 is 16.7 Å². The summed E-state index contributed by atoms with van der Waals surface area (Å²) in [7, 11) is 0. The molecule has 0 aliphatic rings. The molecule has 1 aromatic heterocycles. The summed E-state index contributed by atoms with van der Waals surface area (Å²) in [4.78, 5) is 15.6. The van der Waals surface area contributed by atoms with E-state index in [1.54, 1.807) is 24.4 Å². The molecule has 0 radical (unpaired) electrons. The number of hydrogen-bond acceptors (Lipinski definition) is 1. The predicted octanol–water partition coefficient (Wildman–Crippen LogP) is 4.10. The molecule has 100 valence electrons. The number of H-pyrrole nitrogens is 1. The van der Waals surface area contributed by atoms with E-state index >= 15 is 0 Å². The SMILES string of the molecule is CCc1ccccc1C(=O)c1c[nH]c2cccc(F)c12. The third kappa shape index (κ3) is 1.92. The lowest BCUT2D eigenvalue weighted by Gasteiger charge is -2.06. The van der Waals surface area contributed by atoms with Gasteiger partial charge >= 0.3 is 0 Å². The third-order valence-electron chi connectivity index (χ3n) is 3.54. The molecule has 1 heterocycles. The van der Waals surface area contributed by atoms with Crippen LogP contribution < -0.4 is 0 Å². The van der Waals surface area contributed by atoms with Gasteiger partial charge < -0.3 is 4.98 Å². The van der Waals surface area contributed by atoms with E-state index in [1.165, 1.54) is 6.07 Å². The Morgan fingerprint density at radius 1 is 1.10 bits per heavy atom. The summed E-state index contributed by atoms with van der Waals surface area (Å²) in [5.41, 5.74) is 2.64. The van der Waals surface area contributed by atoms with Crippen molar-refractivity contribution in [2.75, 3.05) is 0 Å². The van der Waals surface area contributed by atoms with Crippen LogP contribution in [0.2, 0.25) is 0 Å². The number of halogens is 1. The fourth-order valence-electron chi connectivity index (χ4n) is 2.51. The van der Waals surface area contributed by atoms with E-state index in [1.807, 2.05) is 25.1 Å². The normalized spacial score (nSPS) is 10.9. The van der Waals surface area contributed by atoms with Crippen LogP contribution in [0, 0.1) is 5.82 Å². The number of aryl methyl sites for hydroxylation is 1. The zero-order chi connectivity index (χ0) is 14.1. The Balaban J connectivity index is 2.18. The number of aromatic amines is 1. The first-order valence-electron chi connectivity index (χ1n) is 6.60. The van der Waals surface area contributed by atoms with Gasteiger partial charge in [0, 0.05) is 22.7 Å². The molecular weight excluding hydrogens is 253 g/mol. The number of ketones is 1. The number of hydrogen-bond donors (Lipinski definition) is 1. The summed E-state index contributed by atoms with van der Waals surface area (Å²) in [6.45, 7) is 2.00. The number of aromatic nitrogens is 1. The molecule has 2 nitrogen and oxygen atoms in total. The molecule has 0 atom stereocenters. The number of carbonyl (C=O) groups excluding carboxylic acids is 1. The topological polar surface area (TPSA) is 32.9 Å². The Kier molecular flexibility index (Phi) is 3.11. The highest BCUT2D eigenvalue weighted by molar-refractivity contribution is 6.17. The monoisotopic (exact) mass is 267 g/mol. The molecule has 3 aromatic rings. The molecule has 0 bridgehead atoms. The van der Waals surface area contributed by atoms with E-state index in [9.17, 15) is 9.18 Å². The fourth-order valence-corrected chi connectivity index (χ4v) is 2.51. The van der Waals surface area contributed by atoms with E-state index in [-0.39, 0.29) is 11.6 Å². The summed E-state index contributed by atoms with van der Waals surface area (Å²) in [6, 6.07) is 12.2. The van der Waals surface area contributed by atoms with Gasteiger partial charge in [-0.2, -0.15) is 0 Å². The second-order valence-electron chi connectivity index (χ2n) is 4.70. The van der Waals surface area contributed by atoms with E-state index in [0.29, 0.717) is 22.0 Å². The van der Waals surface area contributed by atoms with Gasteiger partial charge in [0.25, 0.3) is 0 Å². The number of carbonyl (C=O) groups is 1. The molecule has 3 rings (SSSR count). The molecule has 1 N–H and O–H groups in total. The van der Waals surface area contributed by atoms with Crippen molar-refractivity contribution in [2.45, 2.75) is 13.3 Å². The standard InChI is InChI=1S/C17H14FNO/c1-2-11-6-3-4-7-12(11)17(20)13-10-19-15-9-5-8-14(18)16(13)15/h3-10,19H,2H2,1H3. The molecule has 3 heteroatoms. The molecule has 0 aliphatic heterocycles. The lowest BCUT2D eigenvalue weighted by atomic mass is 9.96. The van der Waals surface area contributed by atoms with Crippen LogP contribution in [0.5, 0.6) is 0 Å². The second kappa shape index (κ2) is 4.93. The van der Waals surface area contributed by atoms with Gasteiger partial charge in [0.2, 0.25) is 0 Å². The van der Waals surface area contributed by atoms with Crippen LogP contribution in [-0.4, -0.2) is 10.8 Å². The van der Waals surface area contributed by atoms with Crippen molar-refractivity contribution in [3.63, 3.8) is 0 Å². The maximum absolute atomic E-state index is 14.0. The second-order valence-corrected chi connectivity index (χ2v) is 4.70. The number of fused-ring (bicyclic) bond motifs is 1. The van der Waals surface area contributed by atoms with Crippen LogP contribution in [0.4, 0.5) is 4.39 Å². The van der Waals surface area contributed by atoms with Crippen molar-refractivity contribution in [2.24, 2.45) is 0 Å². The van der Waals surface area contributed by atoms with Crippen molar-refractivity contribution in [3.05, 3.63) is 71.2 Å². The molecule has 20 heavy (non-hydrogen) atoms. The first-order chi connectivity index (χ1) is 9.72. The highest BCUT2D eigenvalue weighted by Crippen LogP contribution is 2.25. The van der Waals surface area contributed by atoms with Crippen molar-refractivity contribution in [1.82, 2.24) is 4.98 Å². The van der Waals surface area contributed by atoms with Gasteiger partial charge in [-0.25, -0.2) is 4.39 Å². The maximum atomic E-state index is 14.0. The van der Waals surface area contributed by atoms with Gasteiger partial charge in [0.15, 0.2) is 5.78 Å². The van der Waals surface area contributed by atoms with Crippen LogP contribution in [0.1, 0.15) is 28.4 Å². The Labute approximate surface area is 116 Å². The molecule has 0 saturated carbocycles. The van der Waals surface area contributed by atoms with Gasteiger partial charge in [-0.15, -0.1) is 0 Å². The lowest BCUT2D eigenvalue weighted by Crippen LogP contribution is -2.04. The van der Waals surface area contributed by atoms with E-state index in [4.69, 9.17) is 0 Å². The number of benzene rings is 2. The smallest absolute Gasteiger partial charge is 0.195 e. The van der Waals surface area contributed by atoms with Gasteiger partial charge in [-0.3, -0.25) is 4.79 Å². The van der Waals surface area contributed by atoms with Crippen LogP contribution >= 0.6 is 0 Å². The Hall–Kier alpha value is -2.42. The lowest BCUT2D eigenvalue weighted by molar-refractivity contribution is 0.103. The minimum Gasteiger partial charge on any atom is -0.360 e. The molecule has 0 aliphatic carbocycles. The van der Waals surface area contributed by atoms with Crippen molar-refractivity contribution < 1.29 is 9.18 Å². The first kappa shape index (κ1) is 12.6. The zero-order valence-corrected chi connectivity index (χ0v) is 11.1. The molecule has 2 aromatic carbocycles. The minimum atomic E-state index is -0.374. The highest BCUT2D eigenvalue weighted by Gasteiger charge is 2.18. The maximum Gasteiger partial charge on any atom is 0.195 e. The molecule has 0 unspecified atom stereocenters. The van der Waals surface area contributed by atoms with E-state index in [2.05, 4.69) is 4.98 Å². The summed E-state index contributed by atoms with van der Waals surface area (Å²) < 4.78 is 14.0. The number of nitrogens with one attached hydrogen (secondary N) is 1. The van der Waals surface area contributed by atoms with Gasteiger partial charge in [0.1, 0.15) is 5.82 Å². The Bertz CT molecular complexity index is 789. The zero-order valence-electron chi connectivity index (χ0n) is 11.1. The van der Waals surface area contributed by atoms with Crippen LogP contribution in [0.25, 0.3) is 10.9 Å². The number of rotatable bonds is 3. The summed E-state index contributed by atoms with van der Waals surface area (Å²) in [6.07, 6.45) is 2.36. The minimum absolute atomic E-state index is 0.140. The van der Waals surface area contributed by atoms with Crippen LogP contribution in [-0.2, 0) is 6.42 Å². The van der Waals surface area contributed by atoms with Gasteiger partial charge in [0.05, 0.1) is 5.56 Å². The first-order valence-corrected chi connectivity index (χ1v) is 6.60. The molecule has 0 spiro atoms. The molecular formula is C17H14FNO. The van der Waals surface area contributed by atoms with Gasteiger partial charge in [-0.05, 0) is 24.1 Å². The summed E-state index contributed by atoms with van der Waals surface area (Å²) in [5.74, 6) is -0.514. The molecule has 0 fully saturated rings. The fraction of sp³-hybridized carbons (Fsp3) is 0.118. The molecule has 0 amide bonds. The quantitative estimate of drug-likeness (QED) is 0.712. The van der Waals surface area contributed by atoms with Crippen molar-refractivity contribution in [1.29, 1.82) is 0 Å².